The Balaban J connectivity index is 0.00000264. The lowest BCUT2D eigenvalue weighted by Crippen LogP contribution is -2.44. The van der Waals surface area contributed by atoms with E-state index >= 15 is 0 Å². The van der Waals surface area contributed by atoms with Crippen LogP contribution in [0.1, 0.15) is 30.5 Å². The van der Waals surface area contributed by atoms with Crippen LogP contribution in [-0.2, 0) is 17.7 Å². The Kier molecular flexibility index (Phi) is 9.33. The molecule has 1 aliphatic heterocycles. The summed E-state index contributed by atoms with van der Waals surface area (Å²) in [6.45, 7) is 5.19. The number of aliphatic hydroxyl groups is 1. The van der Waals surface area contributed by atoms with Gasteiger partial charge in [-0.05, 0) is 19.3 Å². The van der Waals surface area contributed by atoms with Crippen LogP contribution in [0.5, 0.6) is 0 Å². The number of nitrogens with one attached hydrogen (secondary N) is 2. The zero-order valence-corrected chi connectivity index (χ0v) is 16.9. The van der Waals surface area contributed by atoms with Crippen LogP contribution in [0.4, 0.5) is 0 Å². The number of guanidine groups is 1. The molecule has 1 saturated heterocycles. The fraction of sp³-hybridized carbons (Fsp3) is 0.733. The van der Waals surface area contributed by atoms with Gasteiger partial charge in [0, 0.05) is 37.6 Å². The van der Waals surface area contributed by atoms with E-state index < -0.39 is 0 Å². The Bertz CT molecular complexity index is 490. The number of aromatic nitrogens is 1. The number of halogens is 1. The first-order valence-corrected chi connectivity index (χ1v) is 8.66. The zero-order valence-electron chi connectivity index (χ0n) is 13.8. The largest absolute Gasteiger partial charge is 0.396 e. The minimum absolute atomic E-state index is 0. The van der Waals surface area contributed by atoms with Crippen molar-refractivity contribution >= 4 is 41.3 Å². The SMILES string of the molecule is CCc1nc(CNC(=NC)NCC2(CCO)CCOC2)cs1.I. The molecule has 2 heterocycles. The van der Waals surface area contributed by atoms with Crippen LogP contribution in [0, 0.1) is 5.41 Å². The molecule has 0 bridgehead atoms. The lowest BCUT2D eigenvalue weighted by Gasteiger charge is -2.27. The van der Waals surface area contributed by atoms with Gasteiger partial charge in [0.05, 0.1) is 23.9 Å². The highest BCUT2D eigenvalue weighted by Gasteiger charge is 2.34. The summed E-state index contributed by atoms with van der Waals surface area (Å²) in [6, 6.07) is 0. The van der Waals surface area contributed by atoms with Crippen LogP contribution in [0.3, 0.4) is 0 Å². The fourth-order valence-electron chi connectivity index (χ4n) is 2.57. The molecule has 1 fully saturated rings. The van der Waals surface area contributed by atoms with Gasteiger partial charge >= 0.3 is 0 Å². The lowest BCUT2D eigenvalue weighted by molar-refractivity contribution is 0.127. The molecule has 1 aromatic rings. The normalized spacial score (nSPS) is 21.1. The molecule has 8 heteroatoms. The minimum Gasteiger partial charge on any atom is -0.396 e. The second-order valence-electron chi connectivity index (χ2n) is 5.64. The molecule has 132 valence electrons. The van der Waals surface area contributed by atoms with E-state index in [-0.39, 0.29) is 36.0 Å². The predicted molar refractivity (Wildman–Crippen MR) is 105 cm³/mol. The van der Waals surface area contributed by atoms with Crippen molar-refractivity contribution in [2.75, 3.05) is 33.4 Å². The highest BCUT2D eigenvalue weighted by Crippen LogP contribution is 2.31. The van der Waals surface area contributed by atoms with E-state index in [0.29, 0.717) is 13.2 Å². The van der Waals surface area contributed by atoms with Gasteiger partial charge in [-0.25, -0.2) is 4.98 Å². The molecule has 6 nitrogen and oxygen atoms in total. The molecule has 0 aliphatic carbocycles. The van der Waals surface area contributed by atoms with Crippen LogP contribution in [-0.4, -0.2) is 49.5 Å². The molecule has 23 heavy (non-hydrogen) atoms. The minimum atomic E-state index is 0. The molecule has 1 aliphatic rings. The van der Waals surface area contributed by atoms with Crippen molar-refractivity contribution in [1.82, 2.24) is 15.6 Å². The second kappa shape index (κ2) is 10.4. The average Bonchev–Trinajstić information content (AvgIpc) is 3.17. The third-order valence-corrected chi connectivity index (χ3v) is 5.06. The fourth-order valence-corrected chi connectivity index (χ4v) is 3.32. The number of aliphatic imine (C=N–C) groups is 1. The van der Waals surface area contributed by atoms with Gasteiger partial charge in [-0.1, -0.05) is 6.92 Å². The molecule has 0 saturated carbocycles. The summed E-state index contributed by atoms with van der Waals surface area (Å²) >= 11 is 1.69. The van der Waals surface area contributed by atoms with Gasteiger partial charge < -0.3 is 20.5 Å². The summed E-state index contributed by atoms with van der Waals surface area (Å²) in [7, 11) is 1.76. The van der Waals surface area contributed by atoms with E-state index in [1.54, 1.807) is 18.4 Å². The Morgan fingerprint density at radius 2 is 2.35 bits per heavy atom. The van der Waals surface area contributed by atoms with Crippen molar-refractivity contribution in [3.05, 3.63) is 16.1 Å². The number of nitrogens with zero attached hydrogens (tertiary/aromatic N) is 2. The number of ether oxygens (including phenoxy) is 1. The van der Waals surface area contributed by atoms with Crippen molar-refractivity contribution in [2.45, 2.75) is 32.7 Å². The molecule has 1 aromatic heterocycles. The maximum atomic E-state index is 9.26. The molecular formula is C15H27IN4O2S. The lowest BCUT2D eigenvalue weighted by atomic mass is 9.84. The predicted octanol–water partition coefficient (Wildman–Crippen LogP) is 1.78. The summed E-state index contributed by atoms with van der Waals surface area (Å²) in [5, 5.41) is 19.1. The van der Waals surface area contributed by atoms with E-state index in [4.69, 9.17) is 4.74 Å². The topological polar surface area (TPSA) is 78.8 Å². The molecule has 0 amide bonds. The summed E-state index contributed by atoms with van der Waals surface area (Å²) in [5.74, 6) is 0.760. The van der Waals surface area contributed by atoms with Crippen molar-refractivity contribution < 1.29 is 9.84 Å². The molecule has 2 rings (SSSR count). The molecule has 0 radical (unpaired) electrons. The molecular weight excluding hydrogens is 427 g/mol. The summed E-state index contributed by atoms with van der Waals surface area (Å²) < 4.78 is 5.50. The van der Waals surface area contributed by atoms with E-state index in [2.05, 4.69) is 32.9 Å². The van der Waals surface area contributed by atoms with Crippen LogP contribution < -0.4 is 10.6 Å². The van der Waals surface area contributed by atoms with Crippen LogP contribution in [0.15, 0.2) is 10.4 Å². The summed E-state index contributed by atoms with van der Waals surface area (Å²) in [4.78, 5) is 8.78. The molecule has 1 unspecified atom stereocenters. The van der Waals surface area contributed by atoms with Crippen molar-refractivity contribution in [1.29, 1.82) is 0 Å². The quantitative estimate of drug-likeness (QED) is 0.333. The number of aryl methyl sites for hydroxylation is 1. The van der Waals surface area contributed by atoms with Crippen molar-refractivity contribution in [3.8, 4) is 0 Å². The zero-order chi connectivity index (χ0) is 15.8. The van der Waals surface area contributed by atoms with Gasteiger partial charge in [0.25, 0.3) is 0 Å². The number of hydrogen-bond acceptors (Lipinski definition) is 5. The van der Waals surface area contributed by atoms with E-state index in [0.717, 1.165) is 49.1 Å². The molecule has 0 aromatic carbocycles. The number of thiazole rings is 1. The third-order valence-electron chi connectivity index (χ3n) is 4.02. The molecule has 3 N–H and O–H groups in total. The third kappa shape index (κ3) is 6.17. The van der Waals surface area contributed by atoms with Crippen LogP contribution >= 0.6 is 35.3 Å². The Morgan fingerprint density at radius 1 is 1.52 bits per heavy atom. The van der Waals surface area contributed by atoms with E-state index in [1.165, 1.54) is 0 Å². The highest BCUT2D eigenvalue weighted by molar-refractivity contribution is 14.0. The summed E-state index contributed by atoms with van der Waals surface area (Å²) in [5.41, 5.74) is 1.06. The average molecular weight is 454 g/mol. The maximum absolute atomic E-state index is 9.26. The first kappa shape index (κ1) is 20.6. The van der Waals surface area contributed by atoms with Crippen molar-refractivity contribution in [3.63, 3.8) is 0 Å². The van der Waals surface area contributed by atoms with Gasteiger partial charge in [-0.2, -0.15) is 0 Å². The standard InChI is InChI=1S/C15H26N4O2S.HI/c1-3-13-19-12(9-22-13)8-17-14(16-2)18-10-15(4-6-20)5-7-21-11-15;/h9,20H,3-8,10-11H2,1-2H3,(H2,16,17,18);1H. The van der Waals surface area contributed by atoms with Gasteiger partial charge in [0.2, 0.25) is 0 Å². The van der Waals surface area contributed by atoms with E-state index in [9.17, 15) is 5.11 Å². The van der Waals surface area contributed by atoms with Gasteiger partial charge in [0.1, 0.15) is 0 Å². The second-order valence-corrected chi connectivity index (χ2v) is 6.58. The van der Waals surface area contributed by atoms with Gasteiger partial charge in [-0.3, -0.25) is 4.99 Å². The first-order valence-electron chi connectivity index (χ1n) is 7.78. The summed E-state index contributed by atoms with van der Waals surface area (Å²) in [6.07, 6.45) is 2.70. The first-order chi connectivity index (χ1) is 10.7. The highest BCUT2D eigenvalue weighted by atomic mass is 127. The Labute approximate surface area is 159 Å². The maximum Gasteiger partial charge on any atom is 0.191 e. The van der Waals surface area contributed by atoms with Crippen LogP contribution in [0.25, 0.3) is 0 Å². The number of hydrogen-bond donors (Lipinski definition) is 3. The van der Waals surface area contributed by atoms with Crippen LogP contribution in [0.2, 0.25) is 0 Å². The molecule has 1 atom stereocenters. The Hall–Kier alpha value is -0.450. The number of aliphatic hydroxyl groups excluding tert-OH is 1. The monoisotopic (exact) mass is 454 g/mol. The molecule has 0 spiro atoms. The smallest absolute Gasteiger partial charge is 0.191 e. The Morgan fingerprint density at radius 3 is 2.91 bits per heavy atom. The van der Waals surface area contributed by atoms with Crippen molar-refractivity contribution in [2.24, 2.45) is 10.4 Å². The van der Waals surface area contributed by atoms with Gasteiger partial charge in [-0.15, -0.1) is 35.3 Å². The van der Waals surface area contributed by atoms with Gasteiger partial charge in [0.15, 0.2) is 5.96 Å². The number of rotatable bonds is 7. The van der Waals surface area contributed by atoms with E-state index in [1.807, 2.05) is 0 Å².